The van der Waals surface area contributed by atoms with Crippen LogP contribution in [0.4, 0.5) is 5.69 Å². The van der Waals surface area contributed by atoms with Crippen LogP contribution in [0.15, 0.2) is 24.3 Å². The molecule has 2 heteroatoms. The quantitative estimate of drug-likeness (QED) is 0.837. The van der Waals surface area contributed by atoms with Crippen molar-refractivity contribution < 1.29 is 5.11 Å². The van der Waals surface area contributed by atoms with Crippen molar-refractivity contribution in [3.63, 3.8) is 0 Å². The molecule has 0 saturated heterocycles. The molecule has 94 valence electrons. The van der Waals surface area contributed by atoms with Gasteiger partial charge in [0.05, 0.1) is 12.1 Å². The maximum atomic E-state index is 9.91. The second-order valence-electron chi connectivity index (χ2n) is 5.38. The van der Waals surface area contributed by atoms with Crippen LogP contribution in [0.25, 0.3) is 0 Å². The van der Waals surface area contributed by atoms with Gasteiger partial charge in [-0.1, -0.05) is 38.8 Å². The van der Waals surface area contributed by atoms with Gasteiger partial charge in [-0.05, 0) is 36.5 Å². The summed E-state index contributed by atoms with van der Waals surface area (Å²) in [4.78, 5) is 0. The van der Waals surface area contributed by atoms with Gasteiger partial charge in [0, 0.05) is 5.69 Å². The molecule has 0 heterocycles. The van der Waals surface area contributed by atoms with Gasteiger partial charge in [0.15, 0.2) is 0 Å². The second kappa shape index (κ2) is 5.54. The Balaban J connectivity index is 1.98. The van der Waals surface area contributed by atoms with Crippen molar-refractivity contribution in [1.82, 2.24) is 0 Å². The van der Waals surface area contributed by atoms with Crippen molar-refractivity contribution in [2.75, 3.05) is 5.32 Å². The molecule has 0 bridgehead atoms. The number of hydrogen-bond acceptors (Lipinski definition) is 2. The van der Waals surface area contributed by atoms with E-state index in [0.717, 1.165) is 24.9 Å². The zero-order valence-electron chi connectivity index (χ0n) is 10.8. The van der Waals surface area contributed by atoms with Crippen LogP contribution in [0.5, 0.6) is 0 Å². The molecule has 0 aromatic heterocycles. The third-order valence-corrected chi connectivity index (χ3v) is 3.66. The molecular weight excluding hydrogens is 210 g/mol. The Bertz CT molecular complexity index is 344. The molecule has 1 aromatic carbocycles. The minimum Gasteiger partial charge on any atom is -0.391 e. The van der Waals surface area contributed by atoms with Crippen LogP contribution in [-0.2, 0) is 0 Å². The lowest BCUT2D eigenvalue weighted by Crippen LogP contribution is -2.36. The highest BCUT2D eigenvalue weighted by atomic mass is 16.3. The van der Waals surface area contributed by atoms with E-state index in [1.807, 2.05) is 0 Å². The number of hydrogen-bond donors (Lipinski definition) is 2. The summed E-state index contributed by atoms with van der Waals surface area (Å²) in [5.74, 6) is 0.573. The van der Waals surface area contributed by atoms with Crippen molar-refractivity contribution in [2.24, 2.45) is 0 Å². The van der Waals surface area contributed by atoms with E-state index in [9.17, 15) is 5.11 Å². The second-order valence-corrected chi connectivity index (χ2v) is 5.38. The van der Waals surface area contributed by atoms with Gasteiger partial charge in [-0.15, -0.1) is 0 Å². The van der Waals surface area contributed by atoms with E-state index < -0.39 is 0 Å². The molecule has 0 spiro atoms. The predicted octanol–water partition coefficient (Wildman–Crippen LogP) is 3.53. The van der Waals surface area contributed by atoms with Gasteiger partial charge in [0.2, 0.25) is 0 Å². The summed E-state index contributed by atoms with van der Waals surface area (Å²) in [7, 11) is 0. The van der Waals surface area contributed by atoms with Gasteiger partial charge < -0.3 is 10.4 Å². The van der Waals surface area contributed by atoms with E-state index in [4.69, 9.17) is 0 Å². The Morgan fingerprint density at radius 2 is 1.76 bits per heavy atom. The van der Waals surface area contributed by atoms with Crippen LogP contribution in [0, 0.1) is 0 Å². The van der Waals surface area contributed by atoms with Crippen molar-refractivity contribution >= 4 is 5.69 Å². The average Bonchev–Trinajstić information content (AvgIpc) is 2.33. The van der Waals surface area contributed by atoms with Crippen molar-refractivity contribution in [3.8, 4) is 0 Å². The first-order valence-electron chi connectivity index (χ1n) is 6.71. The third kappa shape index (κ3) is 3.22. The van der Waals surface area contributed by atoms with Gasteiger partial charge in [0.1, 0.15) is 0 Å². The van der Waals surface area contributed by atoms with Crippen LogP contribution in [0.3, 0.4) is 0 Å². The minimum atomic E-state index is -0.187. The lowest BCUT2D eigenvalue weighted by Gasteiger charge is -2.29. The zero-order valence-corrected chi connectivity index (χ0v) is 10.8. The van der Waals surface area contributed by atoms with Crippen molar-refractivity contribution in [2.45, 2.75) is 57.6 Å². The van der Waals surface area contributed by atoms with Crippen LogP contribution in [0.1, 0.15) is 51.0 Å². The van der Waals surface area contributed by atoms with E-state index in [0.29, 0.717) is 5.92 Å². The molecule has 0 radical (unpaired) electrons. The third-order valence-electron chi connectivity index (χ3n) is 3.66. The van der Waals surface area contributed by atoms with Crippen LogP contribution < -0.4 is 5.32 Å². The maximum absolute atomic E-state index is 9.91. The molecule has 2 N–H and O–H groups in total. The summed E-state index contributed by atoms with van der Waals surface area (Å²) < 4.78 is 0. The topological polar surface area (TPSA) is 32.3 Å². The van der Waals surface area contributed by atoms with Crippen molar-refractivity contribution in [3.05, 3.63) is 29.8 Å². The lowest BCUT2D eigenvalue weighted by atomic mass is 9.92. The SMILES string of the molecule is CC(C)c1ccc(NC2CCCCC2O)cc1. The Morgan fingerprint density at radius 3 is 2.35 bits per heavy atom. The minimum absolute atomic E-state index is 0.187. The summed E-state index contributed by atoms with van der Waals surface area (Å²) in [5.41, 5.74) is 2.49. The Morgan fingerprint density at radius 1 is 1.12 bits per heavy atom. The predicted molar refractivity (Wildman–Crippen MR) is 72.4 cm³/mol. The van der Waals surface area contributed by atoms with Crippen molar-refractivity contribution in [1.29, 1.82) is 0 Å². The number of aliphatic hydroxyl groups is 1. The average molecular weight is 233 g/mol. The molecule has 1 saturated carbocycles. The van der Waals surface area contributed by atoms with E-state index in [-0.39, 0.29) is 12.1 Å². The Labute approximate surface area is 104 Å². The fourth-order valence-electron chi connectivity index (χ4n) is 2.46. The highest BCUT2D eigenvalue weighted by Gasteiger charge is 2.22. The smallest absolute Gasteiger partial charge is 0.0741 e. The number of anilines is 1. The molecule has 0 amide bonds. The monoisotopic (exact) mass is 233 g/mol. The normalized spacial score (nSPS) is 24.9. The summed E-state index contributed by atoms with van der Waals surface area (Å²) in [6.07, 6.45) is 4.20. The van der Waals surface area contributed by atoms with E-state index >= 15 is 0 Å². The van der Waals surface area contributed by atoms with Gasteiger partial charge in [-0.3, -0.25) is 0 Å². The van der Waals surface area contributed by atoms with Gasteiger partial charge in [-0.25, -0.2) is 0 Å². The number of aliphatic hydroxyl groups excluding tert-OH is 1. The van der Waals surface area contributed by atoms with E-state index in [2.05, 4.69) is 43.4 Å². The summed E-state index contributed by atoms with van der Waals surface area (Å²) in [6.45, 7) is 4.40. The summed E-state index contributed by atoms with van der Waals surface area (Å²) in [5, 5.41) is 13.4. The molecule has 2 rings (SSSR count). The molecule has 1 aliphatic carbocycles. The highest BCUT2D eigenvalue weighted by molar-refractivity contribution is 5.46. The van der Waals surface area contributed by atoms with Crippen LogP contribution in [-0.4, -0.2) is 17.3 Å². The first-order chi connectivity index (χ1) is 8.16. The lowest BCUT2D eigenvalue weighted by molar-refractivity contribution is 0.116. The Hall–Kier alpha value is -1.02. The molecule has 2 atom stereocenters. The van der Waals surface area contributed by atoms with Crippen LogP contribution in [0.2, 0.25) is 0 Å². The highest BCUT2D eigenvalue weighted by Crippen LogP contribution is 2.23. The molecule has 2 unspecified atom stereocenters. The first-order valence-corrected chi connectivity index (χ1v) is 6.71. The molecule has 1 aliphatic rings. The molecule has 1 fully saturated rings. The number of rotatable bonds is 3. The fourth-order valence-corrected chi connectivity index (χ4v) is 2.46. The zero-order chi connectivity index (χ0) is 12.3. The number of nitrogens with one attached hydrogen (secondary N) is 1. The standard InChI is InChI=1S/C15H23NO/c1-11(2)12-7-9-13(10-8-12)16-14-5-3-4-6-15(14)17/h7-11,14-17H,3-6H2,1-2H3. The maximum Gasteiger partial charge on any atom is 0.0741 e. The Kier molecular flexibility index (Phi) is 4.06. The van der Waals surface area contributed by atoms with Gasteiger partial charge in [0.25, 0.3) is 0 Å². The first kappa shape index (κ1) is 12.4. The molecule has 17 heavy (non-hydrogen) atoms. The number of benzene rings is 1. The largest absolute Gasteiger partial charge is 0.391 e. The van der Waals surface area contributed by atoms with Crippen LogP contribution >= 0.6 is 0 Å². The van der Waals surface area contributed by atoms with E-state index in [1.54, 1.807) is 0 Å². The fraction of sp³-hybridized carbons (Fsp3) is 0.600. The van der Waals surface area contributed by atoms with Gasteiger partial charge in [-0.2, -0.15) is 0 Å². The van der Waals surface area contributed by atoms with Gasteiger partial charge >= 0.3 is 0 Å². The molecule has 2 nitrogen and oxygen atoms in total. The van der Waals surface area contributed by atoms with E-state index in [1.165, 1.54) is 12.0 Å². The molecule has 0 aliphatic heterocycles. The summed E-state index contributed by atoms with van der Waals surface area (Å²) >= 11 is 0. The summed E-state index contributed by atoms with van der Waals surface area (Å²) in [6, 6.07) is 8.81. The molecular formula is C15H23NO. The molecule has 1 aromatic rings.